The zero-order valence-corrected chi connectivity index (χ0v) is 8.16. The van der Waals surface area contributed by atoms with Gasteiger partial charge in [-0.05, 0) is 12.1 Å². The third kappa shape index (κ3) is 3.42. The molecule has 3 nitrogen and oxygen atoms in total. The van der Waals surface area contributed by atoms with Crippen LogP contribution in [0.2, 0.25) is 0 Å². The molecule has 0 aliphatic rings. The van der Waals surface area contributed by atoms with Crippen LogP contribution in [-0.2, 0) is 0 Å². The summed E-state index contributed by atoms with van der Waals surface area (Å²) in [6.07, 6.45) is 4.10. The van der Waals surface area contributed by atoms with Crippen molar-refractivity contribution in [3.8, 4) is 0 Å². The molecule has 0 fully saturated rings. The van der Waals surface area contributed by atoms with Gasteiger partial charge in [0.05, 0.1) is 0 Å². The molecule has 0 aromatic carbocycles. The molecule has 1 aromatic rings. The van der Waals surface area contributed by atoms with Gasteiger partial charge in [0, 0.05) is 31.4 Å². The van der Waals surface area contributed by atoms with Crippen LogP contribution in [0.15, 0.2) is 24.5 Å². The van der Waals surface area contributed by atoms with E-state index < -0.39 is 0 Å². The summed E-state index contributed by atoms with van der Waals surface area (Å²) < 4.78 is 1.61. The van der Waals surface area contributed by atoms with Gasteiger partial charge in [-0.15, -0.1) is 0 Å². The largest absolute Gasteiger partial charge is 0.314 e. The summed E-state index contributed by atoms with van der Waals surface area (Å²) >= 11 is 0. The quantitative estimate of drug-likeness (QED) is 0.762. The SMILES string of the molecule is CC(C)NCCC(=O)n1cccc1. The summed E-state index contributed by atoms with van der Waals surface area (Å²) in [5.41, 5.74) is 0. The van der Waals surface area contributed by atoms with E-state index in [9.17, 15) is 4.79 Å². The van der Waals surface area contributed by atoms with E-state index in [-0.39, 0.29) is 5.91 Å². The Morgan fingerprint density at radius 1 is 1.38 bits per heavy atom. The molecule has 0 aliphatic carbocycles. The molecule has 0 amide bonds. The Kier molecular flexibility index (Phi) is 3.71. The maximum atomic E-state index is 11.4. The lowest BCUT2D eigenvalue weighted by atomic mass is 10.3. The van der Waals surface area contributed by atoms with Crippen LogP contribution in [0.1, 0.15) is 25.1 Å². The molecule has 1 heterocycles. The molecule has 13 heavy (non-hydrogen) atoms. The van der Waals surface area contributed by atoms with Crippen molar-refractivity contribution in [2.45, 2.75) is 26.3 Å². The average molecular weight is 180 g/mol. The van der Waals surface area contributed by atoms with Crippen molar-refractivity contribution < 1.29 is 4.79 Å². The summed E-state index contributed by atoms with van der Waals surface area (Å²) in [6.45, 7) is 4.88. The second kappa shape index (κ2) is 4.82. The molecule has 0 saturated carbocycles. The van der Waals surface area contributed by atoms with Crippen molar-refractivity contribution >= 4 is 5.91 Å². The van der Waals surface area contributed by atoms with Crippen molar-refractivity contribution in [3.63, 3.8) is 0 Å². The number of carbonyl (C=O) groups is 1. The van der Waals surface area contributed by atoms with E-state index in [4.69, 9.17) is 0 Å². The van der Waals surface area contributed by atoms with Gasteiger partial charge in [-0.2, -0.15) is 0 Å². The minimum atomic E-state index is 0.137. The van der Waals surface area contributed by atoms with Crippen LogP contribution >= 0.6 is 0 Å². The second-order valence-electron chi connectivity index (χ2n) is 3.34. The molecule has 0 saturated heterocycles. The summed E-state index contributed by atoms with van der Waals surface area (Å²) in [5.74, 6) is 0.137. The van der Waals surface area contributed by atoms with Gasteiger partial charge < -0.3 is 5.32 Å². The second-order valence-corrected chi connectivity index (χ2v) is 3.34. The maximum absolute atomic E-state index is 11.4. The predicted molar refractivity (Wildman–Crippen MR) is 52.8 cm³/mol. The number of nitrogens with one attached hydrogen (secondary N) is 1. The highest BCUT2D eigenvalue weighted by atomic mass is 16.1. The van der Waals surface area contributed by atoms with Crippen LogP contribution < -0.4 is 5.32 Å². The molecule has 1 aromatic heterocycles. The van der Waals surface area contributed by atoms with Gasteiger partial charge in [0.1, 0.15) is 0 Å². The molecule has 1 rings (SSSR count). The Morgan fingerprint density at radius 2 is 2.00 bits per heavy atom. The third-order valence-corrected chi connectivity index (χ3v) is 1.78. The highest BCUT2D eigenvalue weighted by Gasteiger charge is 2.02. The lowest BCUT2D eigenvalue weighted by molar-refractivity contribution is 0.0902. The molecule has 72 valence electrons. The van der Waals surface area contributed by atoms with Crippen molar-refractivity contribution in [1.29, 1.82) is 0 Å². The smallest absolute Gasteiger partial charge is 0.231 e. The Labute approximate surface area is 78.8 Å². The van der Waals surface area contributed by atoms with Gasteiger partial charge in [-0.25, -0.2) is 0 Å². The molecule has 0 spiro atoms. The van der Waals surface area contributed by atoms with E-state index >= 15 is 0 Å². The molecule has 0 bridgehead atoms. The fraction of sp³-hybridized carbons (Fsp3) is 0.500. The summed E-state index contributed by atoms with van der Waals surface area (Å²) in [5, 5.41) is 3.20. The van der Waals surface area contributed by atoms with Crippen LogP contribution in [0.25, 0.3) is 0 Å². The molecule has 0 unspecified atom stereocenters. The van der Waals surface area contributed by atoms with E-state index in [0.29, 0.717) is 12.5 Å². The number of hydrogen-bond acceptors (Lipinski definition) is 2. The van der Waals surface area contributed by atoms with Gasteiger partial charge in [0.25, 0.3) is 0 Å². The molecule has 0 aliphatic heterocycles. The first kappa shape index (κ1) is 9.99. The van der Waals surface area contributed by atoms with Gasteiger partial charge in [0.15, 0.2) is 0 Å². The first-order chi connectivity index (χ1) is 6.20. The molecule has 0 radical (unpaired) electrons. The molecule has 1 N–H and O–H groups in total. The van der Waals surface area contributed by atoms with Crippen molar-refractivity contribution in [1.82, 2.24) is 9.88 Å². The van der Waals surface area contributed by atoms with Crippen LogP contribution in [0, 0.1) is 0 Å². The number of nitrogens with zero attached hydrogens (tertiary/aromatic N) is 1. The van der Waals surface area contributed by atoms with Crippen LogP contribution in [-0.4, -0.2) is 23.1 Å². The number of aromatic nitrogens is 1. The third-order valence-electron chi connectivity index (χ3n) is 1.78. The highest BCUT2D eigenvalue weighted by molar-refractivity contribution is 5.78. The standard InChI is InChI=1S/C10H16N2O/c1-9(2)11-6-5-10(13)12-7-3-4-8-12/h3-4,7-9,11H,5-6H2,1-2H3. The van der Waals surface area contributed by atoms with Crippen LogP contribution in [0.3, 0.4) is 0 Å². The zero-order chi connectivity index (χ0) is 9.68. The minimum Gasteiger partial charge on any atom is -0.314 e. The van der Waals surface area contributed by atoms with E-state index in [2.05, 4.69) is 19.2 Å². The first-order valence-electron chi connectivity index (χ1n) is 4.59. The minimum absolute atomic E-state index is 0.137. The number of hydrogen-bond donors (Lipinski definition) is 1. The van der Waals surface area contributed by atoms with Gasteiger partial charge in [0.2, 0.25) is 5.91 Å². The van der Waals surface area contributed by atoms with E-state index in [1.807, 2.05) is 12.1 Å². The Bertz CT molecular complexity index is 252. The lowest BCUT2D eigenvalue weighted by Crippen LogP contribution is -2.26. The highest BCUT2D eigenvalue weighted by Crippen LogP contribution is 1.93. The fourth-order valence-electron chi connectivity index (χ4n) is 1.10. The monoisotopic (exact) mass is 180 g/mol. The summed E-state index contributed by atoms with van der Waals surface area (Å²) in [7, 11) is 0. The lowest BCUT2D eigenvalue weighted by Gasteiger charge is -2.07. The first-order valence-corrected chi connectivity index (χ1v) is 4.59. The molecule has 3 heteroatoms. The zero-order valence-electron chi connectivity index (χ0n) is 8.16. The van der Waals surface area contributed by atoms with E-state index in [0.717, 1.165) is 6.54 Å². The molecular formula is C10H16N2O. The van der Waals surface area contributed by atoms with Gasteiger partial charge in [-0.1, -0.05) is 13.8 Å². The molecular weight excluding hydrogens is 164 g/mol. The topological polar surface area (TPSA) is 34.0 Å². The Hall–Kier alpha value is -1.09. The number of rotatable bonds is 4. The maximum Gasteiger partial charge on any atom is 0.231 e. The van der Waals surface area contributed by atoms with Crippen LogP contribution in [0.4, 0.5) is 0 Å². The number of carbonyl (C=O) groups excluding carboxylic acids is 1. The van der Waals surface area contributed by atoms with Crippen LogP contribution in [0.5, 0.6) is 0 Å². The average Bonchev–Trinajstić information content (AvgIpc) is 2.55. The normalized spacial score (nSPS) is 10.7. The van der Waals surface area contributed by atoms with Crippen molar-refractivity contribution in [2.24, 2.45) is 0 Å². The van der Waals surface area contributed by atoms with Gasteiger partial charge in [-0.3, -0.25) is 9.36 Å². The molecule has 0 atom stereocenters. The van der Waals surface area contributed by atoms with E-state index in [1.54, 1.807) is 17.0 Å². The Morgan fingerprint density at radius 3 is 2.54 bits per heavy atom. The summed E-state index contributed by atoms with van der Waals surface area (Å²) in [6, 6.07) is 4.15. The van der Waals surface area contributed by atoms with Gasteiger partial charge >= 0.3 is 0 Å². The summed E-state index contributed by atoms with van der Waals surface area (Å²) in [4.78, 5) is 11.4. The fourth-order valence-corrected chi connectivity index (χ4v) is 1.10. The van der Waals surface area contributed by atoms with E-state index in [1.165, 1.54) is 0 Å². The predicted octanol–water partition coefficient (Wildman–Crippen LogP) is 1.52. The van der Waals surface area contributed by atoms with Crippen molar-refractivity contribution in [3.05, 3.63) is 24.5 Å². The van der Waals surface area contributed by atoms with Crippen molar-refractivity contribution in [2.75, 3.05) is 6.54 Å². The Balaban J connectivity index is 2.27.